The molecule has 0 bridgehead atoms. The summed E-state index contributed by atoms with van der Waals surface area (Å²) in [4.78, 5) is 39.6. The van der Waals surface area contributed by atoms with Crippen LogP contribution in [0, 0.1) is 12.8 Å². The quantitative estimate of drug-likeness (QED) is 0.846. The predicted molar refractivity (Wildman–Crippen MR) is 77.1 cm³/mol. The van der Waals surface area contributed by atoms with Gasteiger partial charge < -0.3 is 14.6 Å². The van der Waals surface area contributed by atoms with Gasteiger partial charge in [0.25, 0.3) is 11.5 Å². The third-order valence-electron chi connectivity index (χ3n) is 3.84. The van der Waals surface area contributed by atoms with E-state index in [1.165, 1.54) is 6.20 Å². The Hall–Kier alpha value is -2.11. The molecule has 0 atom stereocenters. The van der Waals surface area contributed by atoms with E-state index in [1.54, 1.807) is 17.9 Å². The third-order valence-corrected chi connectivity index (χ3v) is 3.84. The number of hydrogen-bond donors (Lipinski definition) is 1. The van der Waals surface area contributed by atoms with Gasteiger partial charge in [-0.1, -0.05) is 6.92 Å². The third kappa shape index (κ3) is 3.71. The minimum Gasteiger partial charge on any atom is -0.452 e. The minimum absolute atomic E-state index is 0.0439. The standard InChI is InChI=1S/C15H20N2O4/c1-10-4-7-17(8-5-10)12(18)9-21-15(20)13-11(2)3-6-16-14(13)19/h3,6,10H,4-5,7-9H2,1-2H3,(H,16,19). The van der Waals surface area contributed by atoms with Crippen LogP contribution in [0.15, 0.2) is 17.1 Å². The van der Waals surface area contributed by atoms with Gasteiger partial charge in [-0.15, -0.1) is 0 Å². The zero-order valence-electron chi connectivity index (χ0n) is 12.3. The van der Waals surface area contributed by atoms with Crippen molar-refractivity contribution in [1.29, 1.82) is 0 Å². The number of amides is 1. The lowest BCUT2D eigenvalue weighted by Gasteiger charge is -2.30. The molecule has 6 nitrogen and oxygen atoms in total. The molecule has 6 heteroatoms. The van der Waals surface area contributed by atoms with Crippen LogP contribution in [0.2, 0.25) is 0 Å². The lowest BCUT2D eigenvalue weighted by Crippen LogP contribution is -2.40. The highest BCUT2D eigenvalue weighted by Crippen LogP contribution is 2.16. The smallest absolute Gasteiger partial charge is 0.344 e. The van der Waals surface area contributed by atoms with Crippen molar-refractivity contribution >= 4 is 11.9 Å². The number of aromatic nitrogens is 1. The van der Waals surface area contributed by atoms with E-state index in [0.717, 1.165) is 12.8 Å². The Labute approximate surface area is 123 Å². The Morgan fingerprint density at radius 1 is 1.38 bits per heavy atom. The molecule has 0 saturated carbocycles. The van der Waals surface area contributed by atoms with E-state index in [2.05, 4.69) is 11.9 Å². The van der Waals surface area contributed by atoms with Gasteiger partial charge in [0.15, 0.2) is 6.61 Å². The molecule has 0 aromatic carbocycles. The van der Waals surface area contributed by atoms with E-state index in [-0.39, 0.29) is 18.1 Å². The maximum absolute atomic E-state index is 12.0. The molecular formula is C15H20N2O4. The number of H-pyrrole nitrogens is 1. The molecule has 0 unspecified atom stereocenters. The number of hydrogen-bond acceptors (Lipinski definition) is 4. The van der Waals surface area contributed by atoms with Crippen LogP contribution in [0.3, 0.4) is 0 Å². The van der Waals surface area contributed by atoms with Crippen LogP contribution in [-0.4, -0.2) is 41.5 Å². The largest absolute Gasteiger partial charge is 0.452 e. The first-order valence-corrected chi connectivity index (χ1v) is 7.12. The van der Waals surface area contributed by atoms with Crippen molar-refractivity contribution in [2.24, 2.45) is 5.92 Å². The van der Waals surface area contributed by atoms with Crippen molar-refractivity contribution in [3.8, 4) is 0 Å². The number of pyridine rings is 1. The number of carbonyl (C=O) groups is 2. The molecule has 0 radical (unpaired) electrons. The van der Waals surface area contributed by atoms with E-state index < -0.39 is 11.5 Å². The van der Waals surface area contributed by atoms with Crippen LogP contribution in [0.4, 0.5) is 0 Å². The Morgan fingerprint density at radius 2 is 2.05 bits per heavy atom. The zero-order valence-corrected chi connectivity index (χ0v) is 12.3. The Morgan fingerprint density at radius 3 is 2.67 bits per heavy atom. The van der Waals surface area contributed by atoms with Crippen LogP contribution < -0.4 is 5.56 Å². The summed E-state index contributed by atoms with van der Waals surface area (Å²) in [7, 11) is 0. The summed E-state index contributed by atoms with van der Waals surface area (Å²) in [6.45, 7) is 4.89. The van der Waals surface area contributed by atoms with E-state index >= 15 is 0 Å². The molecule has 1 saturated heterocycles. The van der Waals surface area contributed by atoms with Gasteiger partial charge in [-0.2, -0.15) is 0 Å². The lowest BCUT2D eigenvalue weighted by atomic mass is 9.99. The molecule has 1 aromatic heterocycles. The fourth-order valence-corrected chi connectivity index (χ4v) is 2.38. The lowest BCUT2D eigenvalue weighted by molar-refractivity contribution is -0.135. The summed E-state index contributed by atoms with van der Waals surface area (Å²) in [5.74, 6) is -0.338. The molecule has 1 amide bonds. The summed E-state index contributed by atoms with van der Waals surface area (Å²) >= 11 is 0. The average molecular weight is 292 g/mol. The molecule has 0 aliphatic carbocycles. The van der Waals surface area contributed by atoms with Gasteiger partial charge in [-0.3, -0.25) is 9.59 Å². The zero-order chi connectivity index (χ0) is 15.4. The van der Waals surface area contributed by atoms with Gasteiger partial charge in [-0.25, -0.2) is 4.79 Å². The second-order valence-electron chi connectivity index (χ2n) is 5.50. The molecule has 2 rings (SSSR count). The molecular weight excluding hydrogens is 272 g/mol. The fraction of sp³-hybridized carbons (Fsp3) is 0.533. The predicted octanol–water partition coefficient (Wildman–Crippen LogP) is 1.10. The van der Waals surface area contributed by atoms with Crippen LogP contribution in [-0.2, 0) is 9.53 Å². The second-order valence-corrected chi connectivity index (χ2v) is 5.50. The van der Waals surface area contributed by atoms with E-state index in [4.69, 9.17) is 4.74 Å². The summed E-state index contributed by atoms with van der Waals surface area (Å²) < 4.78 is 4.98. The summed E-state index contributed by atoms with van der Waals surface area (Å²) in [5.41, 5.74) is -0.0141. The van der Waals surface area contributed by atoms with Gasteiger partial charge in [0.05, 0.1) is 0 Å². The molecule has 0 spiro atoms. The van der Waals surface area contributed by atoms with Crippen LogP contribution >= 0.6 is 0 Å². The molecule has 1 aliphatic rings. The van der Waals surface area contributed by atoms with Crippen LogP contribution in [0.25, 0.3) is 0 Å². The van der Waals surface area contributed by atoms with Crippen molar-refractivity contribution in [2.45, 2.75) is 26.7 Å². The Bertz CT molecular complexity index is 586. The summed E-state index contributed by atoms with van der Waals surface area (Å²) in [5, 5.41) is 0. The highest BCUT2D eigenvalue weighted by Gasteiger charge is 2.22. The molecule has 1 N–H and O–H groups in total. The minimum atomic E-state index is -0.756. The number of nitrogens with zero attached hydrogens (tertiary/aromatic N) is 1. The van der Waals surface area contributed by atoms with Crippen LogP contribution in [0.5, 0.6) is 0 Å². The number of ether oxygens (including phenoxy) is 1. The highest BCUT2D eigenvalue weighted by molar-refractivity contribution is 5.92. The molecule has 114 valence electrons. The molecule has 1 aromatic rings. The Balaban J connectivity index is 1.92. The number of carbonyl (C=O) groups excluding carboxylic acids is 2. The first-order valence-electron chi connectivity index (χ1n) is 7.12. The topological polar surface area (TPSA) is 79.5 Å². The van der Waals surface area contributed by atoms with Crippen molar-refractivity contribution < 1.29 is 14.3 Å². The number of nitrogens with one attached hydrogen (secondary N) is 1. The maximum Gasteiger partial charge on any atom is 0.344 e. The number of aromatic amines is 1. The molecule has 21 heavy (non-hydrogen) atoms. The number of esters is 1. The monoisotopic (exact) mass is 292 g/mol. The summed E-state index contributed by atoms with van der Waals surface area (Å²) in [6.07, 6.45) is 3.41. The number of likely N-dealkylation sites (tertiary alicyclic amines) is 1. The van der Waals surface area contributed by atoms with Gasteiger partial charge in [0.1, 0.15) is 5.56 Å². The van der Waals surface area contributed by atoms with E-state index in [0.29, 0.717) is 24.6 Å². The van der Waals surface area contributed by atoms with Crippen molar-refractivity contribution in [2.75, 3.05) is 19.7 Å². The number of piperidine rings is 1. The summed E-state index contributed by atoms with van der Waals surface area (Å²) in [6, 6.07) is 1.62. The first-order chi connectivity index (χ1) is 9.99. The highest BCUT2D eigenvalue weighted by atomic mass is 16.5. The SMILES string of the molecule is Cc1cc[nH]c(=O)c1C(=O)OCC(=O)N1CCC(C)CC1. The van der Waals surface area contributed by atoms with Crippen molar-refractivity contribution in [3.05, 3.63) is 33.7 Å². The van der Waals surface area contributed by atoms with Gasteiger partial charge in [0, 0.05) is 19.3 Å². The Kier molecular flexibility index (Phi) is 4.77. The number of aryl methyl sites for hydroxylation is 1. The first kappa shape index (κ1) is 15.3. The van der Waals surface area contributed by atoms with Gasteiger partial charge >= 0.3 is 5.97 Å². The van der Waals surface area contributed by atoms with Gasteiger partial charge in [0.2, 0.25) is 0 Å². The molecule has 2 heterocycles. The van der Waals surface area contributed by atoms with Crippen molar-refractivity contribution in [1.82, 2.24) is 9.88 Å². The average Bonchev–Trinajstić information content (AvgIpc) is 2.45. The fourth-order valence-electron chi connectivity index (χ4n) is 2.38. The number of rotatable bonds is 3. The van der Waals surface area contributed by atoms with Crippen LogP contribution in [0.1, 0.15) is 35.7 Å². The van der Waals surface area contributed by atoms with Crippen molar-refractivity contribution in [3.63, 3.8) is 0 Å². The van der Waals surface area contributed by atoms with E-state index in [1.807, 2.05) is 0 Å². The normalized spacial score (nSPS) is 15.8. The van der Waals surface area contributed by atoms with E-state index in [9.17, 15) is 14.4 Å². The molecule has 1 aliphatic heterocycles. The van der Waals surface area contributed by atoms with Gasteiger partial charge in [-0.05, 0) is 37.3 Å². The molecule has 1 fully saturated rings. The second kappa shape index (κ2) is 6.56. The maximum atomic E-state index is 12.0.